The van der Waals surface area contributed by atoms with Crippen LogP contribution in [0.1, 0.15) is 38.5 Å². The highest BCUT2D eigenvalue weighted by molar-refractivity contribution is 5.99. The Balaban J connectivity index is 1.25. The molecule has 0 amide bonds. The number of fused-ring (bicyclic) bond motifs is 4. The molecule has 0 unspecified atom stereocenters. The van der Waals surface area contributed by atoms with Crippen LogP contribution in [0, 0.1) is 5.82 Å². The van der Waals surface area contributed by atoms with Gasteiger partial charge in [-0.3, -0.25) is 9.88 Å². The lowest BCUT2D eigenvalue weighted by atomic mass is 9.95. The molecule has 5 heterocycles. The van der Waals surface area contributed by atoms with Crippen LogP contribution in [0.25, 0.3) is 32.9 Å². The Morgan fingerprint density at radius 3 is 2.72 bits per heavy atom. The van der Waals surface area contributed by atoms with E-state index in [1.807, 2.05) is 42.5 Å². The molecule has 4 aromatic rings. The van der Waals surface area contributed by atoms with Crippen LogP contribution in [0.4, 0.5) is 10.2 Å². The summed E-state index contributed by atoms with van der Waals surface area (Å²) in [6.45, 7) is 4.32. The van der Waals surface area contributed by atoms with Gasteiger partial charge in [0.25, 0.3) is 0 Å². The molecule has 200 valence electrons. The van der Waals surface area contributed by atoms with Crippen molar-refractivity contribution in [2.75, 3.05) is 37.7 Å². The summed E-state index contributed by atoms with van der Waals surface area (Å²) in [5.74, 6) is 0.272. The number of hydrogen-bond acceptors (Lipinski definition) is 7. The second-order valence-electron chi connectivity index (χ2n) is 11.5. The van der Waals surface area contributed by atoms with E-state index in [0.29, 0.717) is 23.5 Å². The molecule has 2 aromatic heterocycles. The Kier molecular flexibility index (Phi) is 5.49. The molecule has 0 radical (unpaired) electrons. The van der Waals surface area contributed by atoms with Gasteiger partial charge in [0.15, 0.2) is 5.82 Å². The lowest BCUT2D eigenvalue weighted by molar-refractivity contribution is 0.108. The number of ether oxygens (including phenoxy) is 2. The van der Waals surface area contributed by atoms with Crippen molar-refractivity contribution >= 4 is 27.5 Å². The Morgan fingerprint density at radius 1 is 0.974 bits per heavy atom. The zero-order valence-corrected chi connectivity index (χ0v) is 22.0. The maximum atomic E-state index is 16.5. The van der Waals surface area contributed by atoms with E-state index in [-0.39, 0.29) is 29.2 Å². The van der Waals surface area contributed by atoms with Gasteiger partial charge in [0.2, 0.25) is 0 Å². The van der Waals surface area contributed by atoms with Crippen LogP contribution in [0.3, 0.4) is 0 Å². The van der Waals surface area contributed by atoms with Crippen molar-refractivity contribution < 1.29 is 13.9 Å². The summed E-state index contributed by atoms with van der Waals surface area (Å²) in [5.41, 5.74) is 1.38. The van der Waals surface area contributed by atoms with Crippen molar-refractivity contribution in [3.05, 3.63) is 54.5 Å². The average molecular weight is 526 g/mol. The molecular weight excluding hydrogens is 493 g/mol. The first-order chi connectivity index (χ1) is 19.2. The normalized spacial score (nSPS) is 24.1. The topological polar surface area (TPSA) is 63.6 Å². The van der Waals surface area contributed by atoms with E-state index < -0.39 is 5.82 Å². The van der Waals surface area contributed by atoms with Crippen molar-refractivity contribution in [1.82, 2.24) is 19.9 Å². The summed E-state index contributed by atoms with van der Waals surface area (Å²) in [5, 5.41) is 2.63. The van der Waals surface area contributed by atoms with E-state index in [1.54, 1.807) is 6.20 Å². The average Bonchev–Trinajstić information content (AvgIpc) is 3.51. The molecule has 7 nitrogen and oxygen atoms in total. The Morgan fingerprint density at radius 2 is 1.82 bits per heavy atom. The number of anilines is 1. The van der Waals surface area contributed by atoms with Crippen molar-refractivity contribution in [3.63, 3.8) is 0 Å². The highest BCUT2D eigenvalue weighted by Gasteiger charge is 2.47. The van der Waals surface area contributed by atoms with Gasteiger partial charge in [-0.25, -0.2) is 4.39 Å². The Bertz CT molecular complexity index is 1560. The minimum Gasteiger partial charge on any atom is -0.461 e. The van der Waals surface area contributed by atoms with Crippen LogP contribution in [0.2, 0.25) is 0 Å². The second-order valence-corrected chi connectivity index (χ2v) is 11.5. The fraction of sp³-hybridized carbons (Fsp3) is 0.452. The first kappa shape index (κ1) is 23.5. The number of pyridine rings is 1. The molecule has 2 aromatic carbocycles. The molecule has 2 atom stereocenters. The van der Waals surface area contributed by atoms with Crippen molar-refractivity contribution in [2.45, 2.75) is 56.2 Å². The minimum absolute atomic E-state index is 0.0570. The van der Waals surface area contributed by atoms with Crippen LogP contribution in [0.15, 0.2) is 48.7 Å². The monoisotopic (exact) mass is 525 g/mol. The van der Waals surface area contributed by atoms with E-state index >= 15 is 4.39 Å². The van der Waals surface area contributed by atoms with Crippen LogP contribution < -0.4 is 9.64 Å². The summed E-state index contributed by atoms with van der Waals surface area (Å²) >= 11 is 0. The summed E-state index contributed by atoms with van der Waals surface area (Å²) in [7, 11) is 0. The van der Waals surface area contributed by atoms with Crippen molar-refractivity contribution in [3.8, 4) is 17.3 Å². The first-order valence-electron chi connectivity index (χ1n) is 14.3. The maximum Gasteiger partial charge on any atom is 0.319 e. The summed E-state index contributed by atoms with van der Waals surface area (Å²) in [6, 6.07) is 14.4. The van der Waals surface area contributed by atoms with Gasteiger partial charge in [-0.1, -0.05) is 42.5 Å². The third kappa shape index (κ3) is 3.87. The van der Waals surface area contributed by atoms with Crippen LogP contribution >= 0.6 is 0 Å². The predicted octanol–water partition coefficient (Wildman–Crippen LogP) is 5.36. The zero-order valence-electron chi connectivity index (χ0n) is 22.0. The molecule has 0 N–H and O–H groups in total. The number of aromatic nitrogens is 3. The minimum atomic E-state index is -0.433. The molecule has 4 fully saturated rings. The Labute approximate surface area is 227 Å². The van der Waals surface area contributed by atoms with E-state index in [4.69, 9.17) is 19.4 Å². The number of rotatable bonds is 5. The standard InChI is InChI=1S/C31H32FN5O2/c32-26-27(22-10-3-8-20-7-1-2-9-21(20)22)33-18-23-28(26)34-30(39-19-31-11-4-13-36(31)14-5-12-31)35-29(23)37-15-6-16-38-25-17-24(25)37/h1-3,7-10,18,24-25H,4-6,11-17,19H2/t24-,25+/m1/s1. The van der Waals surface area contributed by atoms with Gasteiger partial charge in [-0.15, -0.1) is 0 Å². The fourth-order valence-electron chi connectivity index (χ4n) is 7.15. The van der Waals surface area contributed by atoms with Gasteiger partial charge >= 0.3 is 6.01 Å². The van der Waals surface area contributed by atoms with Crippen molar-refractivity contribution in [1.29, 1.82) is 0 Å². The van der Waals surface area contributed by atoms with Gasteiger partial charge in [-0.2, -0.15) is 9.97 Å². The quantitative estimate of drug-likeness (QED) is 0.348. The third-order valence-corrected chi connectivity index (χ3v) is 9.22. The highest BCUT2D eigenvalue weighted by atomic mass is 19.1. The molecule has 8 heteroatoms. The molecular formula is C31H32FN5O2. The summed E-state index contributed by atoms with van der Waals surface area (Å²) in [4.78, 5) is 19.1. The van der Waals surface area contributed by atoms with Gasteiger partial charge in [0, 0.05) is 24.9 Å². The lowest BCUT2D eigenvalue weighted by Crippen LogP contribution is -2.43. The number of nitrogens with zero attached hydrogens (tertiary/aromatic N) is 5. The summed E-state index contributed by atoms with van der Waals surface area (Å²) < 4.78 is 28.8. The number of benzene rings is 2. The van der Waals surface area contributed by atoms with E-state index in [2.05, 4.69) is 14.8 Å². The zero-order chi connectivity index (χ0) is 26.0. The van der Waals surface area contributed by atoms with E-state index in [0.717, 1.165) is 68.3 Å². The van der Waals surface area contributed by atoms with Crippen LogP contribution in [-0.4, -0.2) is 70.4 Å². The maximum absolute atomic E-state index is 16.5. The number of halogens is 1. The summed E-state index contributed by atoms with van der Waals surface area (Å²) in [6.07, 6.45) is 8.46. The molecule has 1 saturated carbocycles. The predicted molar refractivity (Wildman–Crippen MR) is 149 cm³/mol. The number of hydrogen-bond donors (Lipinski definition) is 0. The van der Waals surface area contributed by atoms with Gasteiger partial charge in [0.1, 0.15) is 23.6 Å². The molecule has 3 saturated heterocycles. The lowest BCUT2D eigenvalue weighted by Gasteiger charge is -2.31. The van der Waals surface area contributed by atoms with Gasteiger partial charge in [-0.05, 0) is 62.4 Å². The van der Waals surface area contributed by atoms with Gasteiger partial charge < -0.3 is 14.4 Å². The van der Waals surface area contributed by atoms with E-state index in [9.17, 15) is 0 Å². The van der Waals surface area contributed by atoms with Crippen molar-refractivity contribution in [2.24, 2.45) is 0 Å². The highest BCUT2D eigenvalue weighted by Crippen LogP contribution is 2.42. The molecule has 1 aliphatic carbocycles. The SMILES string of the molecule is Fc1c(-c2cccc3ccccc23)ncc2c(N3CCCO[C@H]4C[C@H]43)nc(OCC34CCCN3CCC4)nc12. The molecule has 0 bridgehead atoms. The second kappa shape index (κ2) is 9.10. The van der Waals surface area contributed by atoms with Crippen LogP contribution in [0.5, 0.6) is 6.01 Å². The molecule has 4 aliphatic rings. The first-order valence-corrected chi connectivity index (χ1v) is 14.3. The van der Waals surface area contributed by atoms with E-state index in [1.165, 1.54) is 12.8 Å². The molecule has 8 rings (SSSR count). The smallest absolute Gasteiger partial charge is 0.319 e. The van der Waals surface area contributed by atoms with Crippen LogP contribution in [-0.2, 0) is 4.74 Å². The third-order valence-electron chi connectivity index (χ3n) is 9.22. The Hall–Kier alpha value is -3.36. The molecule has 0 spiro atoms. The largest absolute Gasteiger partial charge is 0.461 e. The fourth-order valence-corrected chi connectivity index (χ4v) is 7.15. The molecule has 3 aliphatic heterocycles. The van der Waals surface area contributed by atoms with Gasteiger partial charge in [0.05, 0.1) is 23.1 Å². The molecule has 39 heavy (non-hydrogen) atoms.